The summed E-state index contributed by atoms with van der Waals surface area (Å²) in [4.78, 5) is 25.1. The number of anilines is 1. The van der Waals surface area contributed by atoms with E-state index in [4.69, 9.17) is 4.74 Å². The van der Waals surface area contributed by atoms with Crippen molar-refractivity contribution in [1.29, 1.82) is 0 Å². The minimum absolute atomic E-state index is 0.181. The number of ether oxygens (including phenoxy) is 1. The number of nitrogens with one attached hydrogen (secondary N) is 1. The van der Waals surface area contributed by atoms with Crippen LogP contribution in [0.2, 0.25) is 0 Å². The fourth-order valence-electron chi connectivity index (χ4n) is 2.43. The quantitative estimate of drug-likeness (QED) is 0.414. The predicted octanol–water partition coefficient (Wildman–Crippen LogP) is 3.20. The molecule has 0 atom stereocenters. The van der Waals surface area contributed by atoms with E-state index in [-0.39, 0.29) is 5.91 Å². The monoisotopic (exact) mass is 391 g/mol. The second kappa shape index (κ2) is 7.80. The van der Waals surface area contributed by atoms with Crippen LogP contribution in [-0.4, -0.2) is 32.1 Å². The van der Waals surface area contributed by atoms with Gasteiger partial charge in [-0.2, -0.15) is 0 Å². The smallest absolute Gasteiger partial charge is 0.343 e. The van der Waals surface area contributed by atoms with Gasteiger partial charge in [0.2, 0.25) is 0 Å². The molecule has 0 radical (unpaired) electrons. The van der Waals surface area contributed by atoms with E-state index < -0.39 is 5.97 Å². The molecule has 0 saturated carbocycles. The van der Waals surface area contributed by atoms with Gasteiger partial charge in [-0.3, -0.25) is 4.79 Å². The number of thiophene rings is 1. The third-order valence-electron chi connectivity index (χ3n) is 3.76. The van der Waals surface area contributed by atoms with E-state index in [1.165, 1.54) is 22.3 Å². The molecule has 9 heteroatoms. The second-order valence-corrected chi connectivity index (χ2v) is 6.60. The van der Waals surface area contributed by atoms with Crippen LogP contribution in [0.3, 0.4) is 0 Å². The third kappa shape index (κ3) is 3.94. The molecule has 0 unspecified atom stereocenters. The number of amides is 1. The fourth-order valence-corrected chi connectivity index (χ4v) is 3.05. The molecule has 4 rings (SSSR count). The molecule has 0 aliphatic rings. The zero-order valence-corrected chi connectivity index (χ0v) is 15.2. The van der Waals surface area contributed by atoms with Crippen LogP contribution in [0.15, 0.2) is 72.4 Å². The Bertz CT molecular complexity index is 1090. The van der Waals surface area contributed by atoms with E-state index in [1.54, 1.807) is 54.6 Å². The lowest BCUT2D eigenvalue weighted by molar-refractivity contribution is 0.0734. The van der Waals surface area contributed by atoms with Crippen molar-refractivity contribution in [3.63, 3.8) is 0 Å². The summed E-state index contributed by atoms with van der Waals surface area (Å²) in [6.45, 7) is 0. The predicted molar refractivity (Wildman–Crippen MR) is 103 cm³/mol. The topological polar surface area (TPSA) is 99.0 Å². The second-order valence-electron chi connectivity index (χ2n) is 5.65. The number of esters is 1. The Hall–Kier alpha value is -3.85. The number of nitrogens with zero attached hydrogens (tertiary/aromatic N) is 4. The summed E-state index contributed by atoms with van der Waals surface area (Å²) in [6, 6.07) is 16.9. The molecule has 28 heavy (non-hydrogen) atoms. The van der Waals surface area contributed by atoms with Gasteiger partial charge in [-0.25, -0.2) is 9.48 Å². The van der Waals surface area contributed by atoms with Gasteiger partial charge < -0.3 is 10.1 Å². The van der Waals surface area contributed by atoms with E-state index in [0.29, 0.717) is 27.6 Å². The molecule has 0 aliphatic carbocycles. The van der Waals surface area contributed by atoms with Crippen molar-refractivity contribution < 1.29 is 14.3 Å². The average Bonchev–Trinajstić information content (AvgIpc) is 3.44. The van der Waals surface area contributed by atoms with Gasteiger partial charge in [0, 0.05) is 5.69 Å². The van der Waals surface area contributed by atoms with Crippen LogP contribution in [0.4, 0.5) is 5.69 Å². The van der Waals surface area contributed by atoms with Crippen molar-refractivity contribution in [2.45, 2.75) is 0 Å². The summed E-state index contributed by atoms with van der Waals surface area (Å²) in [5.41, 5.74) is 1.62. The van der Waals surface area contributed by atoms with E-state index in [2.05, 4.69) is 20.8 Å². The Morgan fingerprint density at radius 3 is 2.61 bits per heavy atom. The van der Waals surface area contributed by atoms with Gasteiger partial charge in [0.15, 0.2) is 0 Å². The highest BCUT2D eigenvalue weighted by atomic mass is 32.1. The van der Waals surface area contributed by atoms with Gasteiger partial charge in [-0.05, 0) is 64.3 Å². The Kier molecular flexibility index (Phi) is 4.89. The first-order valence-corrected chi connectivity index (χ1v) is 9.07. The Morgan fingerprint density at radius 1 is 1.04 bits per heavy atom. The van der Waals surface area contributed by atoms with Crippen molar-refractivity contribution in [3.8, 4) is 11.4 Å². The average molecular weight is 391 g/mol. The maximum absolute atomic E-state index is 12.4. The molecule has 2 aromatic heterocycles. The van der Waals surface area contributed by atoms with Gasteiger partial charge in [0.25, 0.3) is 5.91 Å². The molecule has 0 aliphatic heterocycles. The Morgan fingerprint density at radius 2 is 1.89 bits per heavy atom. The maximum atomic E-state index is 12.4. The lowest BCUT2D eigenvalue weighted by atomic mass is 10.2. The zero-order valence-electron chi connectivity index (χ0n) is 14.4. The standard InChI is InChI=1S/C19H13N5O3S/c25-18(17-5-2-10-28-17)21-14-6-8-16(9-7-14)27-19(26)13-3-1-4-15(11-13)24-12-20-22-23-24/h1-12H,(H,21,25). The van der Waals surface area contributed by atoms with E-state index in [0.717, 1.165) is 0 Å². The Labute approximate surface area is 163 Å². The van der Waals surface area contributed by atoms with E-state index >= 15 is 0 Å². The largest absolute Gasteiger partial charge is 0.423 e. The van der Waals surface area contributed by atoms with Gasteiger partial charge in [-0.15, -0.1) is 16.4 Å². The minimum Gasteiger partial charge on any atom is -0.423 e. The van der Waals surface area contributed by atoms with Crippen LogP contribution in [0.25, 0.3) is 5.69 Å². The first-order chi connectivity index (χ1) is 13.7. The molecular weight excluding hydrogens is 378 g/mol. The molecule has 2 aromatic carbocycles. The lowest BCUT2D eigenvalue weighted by Gasteiger charge is -2.07. The summed E-state index contributed by atoms with van der Waals surface area (Å²) >= 11 is 1.36. The first kappa shape index (κ1) is 17.6. The summed E-state index contributed by atoms with van der Waals surface area (Å²) in [7, 11) is 0. The van der Waals surface area contributed by atoms with Crippen LogP contribution in [0.1, 0.15) is 20.0 Å². The summed E-state index contributed by atoms with van der Waals surface area (Å²) in [5.74, 6) is -0.323. The molecule has 0 fully saturated rings. The molecular formula is C19H13N5O3S. The molecule has 138 valence electrons. The van der Waals surface area contributed by atoms with Gasteiger partial charge in [0.05, 0.1) is 16.1 Å². The number of carbonyl (C=O) groups is 2. The highest BCUT2D eigenvalue weighted by Gasteiger charge is 2.11. The highest BCUT2D eigenvalue weighted by molar-refractivity contribution is 7.12. The lowest BCUT2D eigenvalue weighted by Crippen LogP contribution is -2.11. The molecule has 1 amide bonds. The van der Waals surface area contributed by atoms with E-state index in [1.807, 2.05) is 11.4 Å². The molecule has 1 N–H and O–H groups in total. The SMILES string of the molecule is O=C(Oc1ccc(NC(=O)c2cccs2)cc1)c1cccc(-n2cnnn2)c1. The summed E-state index contributed by atoms with van der Waals surface area (Å²) < 4.78 is 6.84. The molecule has 0 bridgehead atoms. The number of hydrogen-bond acceptors (Lipinski definition) is 7. The molecule has 4 aromatic rings. The highest BCUT2D eigenvalue weighted by Crippen LogP contribution is 2.19. The number of carbonyl (C=O) groups excluding carboxylic acids is 2. The molecule has 0 spiro atoms. The number of tetrazole rings is 1. The number of hydrogen-bond donors (Lipinski definition) is 1. The number of rotatable bonds is 5. The number of aromatic nitrogens is 4. The van der Waals surface area contributed by atoms with Gasteiger partial charge >= 0.3 is 5.97 Å². The number of benzene rings is 2. The van der Waals surface area contributed by atoms with Crippen molar-refractivity contribution >= 4 is 28.9 Å². The van der Waals surface area contributed by atoms with Crippen LogP contribution >= 0.6 is 11.3 Å². The van der Waals surface area contributed by atoms with Gasteiger partial charge in [-0.1, -0.05) is 12.1 Å². The van der Waals surface area contributed by atoms with Crippen LogP contribution in [0.5, 0.6) is 5.75 Å². The Balaban J connectivity index is 1.42. The summed E-state index contributed by atoms with van der Waals surface area (Å²) in [5, 5.41) is 15.6. The van der Waals surface area contributed by atoms with Gasteiger partial charge in [0.1, 0.15) is 12.1 Å². The third-order valence-corrected chi connectivity index (χ3v) is 4.63. The minimum atomic E-state index is -0.509. The van der Waals surface area contributed by atoms with Crippen molar-refractivity contribution in [3.05, 3.63) is 82.8 Å². The molecule has 2 heterocycles. The first-order valence-electron chi connectivity index (χ1n) is 8.19. The van der Waals surface area contributed by atoms with Crippen LogP contribution in [-0.2, 0) is 0 Å². The summed E-state index contributed by atoms with van der Waals surface area (Å²) in [6.07, 6.45) is 1.44. The van der Waals surface area contributed by atoms with E-state index in [9.17, 15) is 9.59 Å². The van der Waals surface area contributed by atoms with Crippen LogP contribution < -0.4 is 10.1 Å². The zero-order chi connectivity index (χ0) is 19.3. The maximum Gasteiger partial charge on any atom is 0.343 e. The molecule has 0 saturated heterocycles. The van der Waals surface area contributed by atoms with Crippen LogP contribution in [0, 0.1) is 0 Å². The fraction of sp³-hybridized carbons (Fsp3) is 0. The normalized spacial score (nSPS) is 10.4. The van der Waals surface area contributed by atoms with Crippen molar-refractivity contribution in [2.24, 2.45) is 0 Å². The molecule has 8 nitrogen and oxygen atoms in total. The van der Waals surface area contributed by atoms with Crippen molar-refractivity contribution in [2.75, 3.05) is 5.32 Å². The van der Waals surface area contributed by atoms with Crippen molar-refractivity contribution in [1.82, 2.24) is 20.2 Å².